The Morgan fingerprint density at radius 2 is 0.853 bits per heavy atom. The van der Waals surface area contributed by atoms with Crippen molar-refractivity contribution in [1.29, 1.82) is 0 Å². The molecular weight excluding hydrogens is 548 g/mol. The third kappa shape index (κ3) is 10.1. The molecular formula is C14H20N2O14S4. The average molecular weight is 569 g/mol. The summed E-state index contributed by atoms with van der Waals surface area (Å²) in [6.07, 6.45) is 1.76. The van der Waals surface area contributed by atoms with Gasteiger partial charge in [0.2, 0.25) is 32.3 Å². The number of carbonyl (C=O) groups is 4. The maximum atomic E-state index is 11.8. The van der Waals surface area contributed by atoms with Crippen LogP contribution in [0, 0.1) is 11.8 Å². The zero-order valence-corrected chi connectivity index (χ0v) is 20.9. The van der Waals surface area contributed by atoms with Gasteiger partial charge in [-0.25, -0.2) is 33.7 Å². The highest BCUT2D eigenvalue weighted by molar-refractivity contribution is 7.93. The molecule has 0 rings (SSSR count). The average Bonchev–Trinajstić information content (AvgIpc) is 2.72. The first-order valence-electron chi connectivity index (χ1n) is 8.73. The smallest absolute Gasteiger partial charge is 0.231 e. The second kappa shape index (κ2) is 15.3. The van der Waals surface area contributed by atoms with Gasteiger partial charge in [0, 0.05) is 0 Å². The van der Waals surface area contributed by atoms with Crippen LogP contribution in [0.1, 0.15) is 13.8 Å². The van der Waals surface area contributed by atoms with Crippen LogP contribution in [0.25, 0.3) is 0 Å². The summed E-state index contributed by atoms with van der Waals surface area (Å²) in [4.78, 5) is 56.3. The van der Waals surface area contributed by atoms with Crippen LogP contribution in [0.4, 0.5) is 0 Å². The molecule has 2 atom stereocenters. The van der Waals surface area contributed by atoms with Gasteiger partial charge in [0.15, 0.2) is 42.8 Å². The maximum absolute atomic E-state index is 11.8. The van der Waals surface area contributed by atoms with Crippen LogP contribution in [0.15, 0.2) is 10.3 Å². The predicted octanol–water partition coefficient (Wildman–Crippen LogP) is -4.36. The molecule has 2 unspecified atom stereocenters. The molecule has 0 aliphatic heterocycles. The number of hydrogen-bond acceptors (Lipinski definition) is 16. The van der Waals surface area contributed by atoms with Gasteiger partial charge in [0.25, 0.3) is 0 Å². The second-order valence-electron chi connectivity index (χ2n) is 6.25. The zero-order valence-electron chi connectivity index (χ0n) is 17.3. The third-order valence-corrected chi connectivity index (χ3v) is 8.43. The molecule has 0 saturated carbocycles. The molecule has 0 aliphatic carbocycles. The molecule has 0 fully saturated rings. The minimum Gasteiger partial charge on any atom is -0.395 e. The summed E-state index contributed by atoms with van der Waals surface area (Å²) in [5, 5.41) is 6.60. The Hall–Kier alpha value is -2.58. The molecule has 0 aromatic heterocycles. The topological polar surface area (TPSA) is 248 Å². The van der Waals surface area contributed by atoms with Crippen molar-refractivity contribution < 1.29 is 62.5 Å². The van der Waals surface area contributed by atoms with Crippen LogP contribution in [-0.2, 0) is 71.7 Å². The molecule has 20 heteroatoms. The van der Waals surface area contributed by atoms with Gasteiger partial charge in [-0.1, -0.05) is 24.2 Å². The molecule has 0 aromatic carbocycles. The van der Waals surface area contributed by atoms with Crippen molar-refractivity contribution in [3.8, 4) is 0 Å². The van der Waals surface area contributed by atoms with Crippen molar-refractivity contribution in [2.75, 3.05) is 13.2 Å². The first kappa shape index (κ1) is 31.4. The van der Waals surface area contributed by atoms with Crippen LogP contribution < -0.4 is 0 Å². The van der Waals surface area contributed by atoms with E-state index in [9.17, 15) is 52.8 Å². The highest BCUT2D eigenvalue weighted by Gasteiger charge is 2.34. The van der Waals surface area contributed by atoms with Crippen molar-refractivity contribution in [3.05, 3.63) is 0 Å². The van der Waals surface area contributed by atoms with E-state index in [1.54, 1.807) is 0 Å². The first-order valence-corrected chi connectivity index (χ1v) is 13.7. The maximum Gasteiger partial charge on any atom is 0.231 e. The minimum atomic E-state index is -3.71. The Morgan fingerprint density at radius 3 is 1.09 bits per heavy atom. The van der Waals surface area contributed by atoms with Gasteiger partial charge in [-0.05, 0) is 0 Å². The fraction of sp³-hybridized carbons (Fsp3) is 0.571. The monoisotopic (exact) mass is 568 g/mol. The number of carbonyl (C=O) groups excluding carboxylic acids is 4. The van der Waals surface area contributed by atoms with Crippen LogP contribution in [0.5, 0.6) is 0 Å². The van der Waals surface area contributed by atoms with Gasteiger partial charge in [-0.2, -0.15) is 0 Å². The molecule has 0 bridgehead atoms. The van der Waals surface area contributed by atoms with Crippen LogP contribution in [0.2, 0.25) is 0 Å². The van der Waals surface area contributed by atoms with Crippen molar-refractivity contribution in [2.24, 2.45) is 22.1 Å². The quantitative estimate of drug-likeness (QED) is 0.0560. The van der Waals surface area contributed by atoms with Crippen LogP contribution >= 0.6 is 0 Å². The lowest BCUT2D eigenvalue weighted by atomic mass is 10.1. The SMILES string of the molecule is CC(CO/N=C/C=N/OCC(C)C(=O)C(=O)C([SH](=O)=O)[SH](=O)=O)C(=O)C(=O)C([SH](=O)=O)[SH](=O)=O. The molecule has 0 saturated heterocycles. The van der Waals surface area contributed by atoms with Crippen LogP contribution in [-0.4, -0.2) is 91.6 Å². The number of rotatable bonds is 17. The number of ketones is 4. The van der Waals surface area contributed by atoms with E-state index in [2.05, 4.69) is 20.0 Å². The summed E-state index contributed by atoms with van der Waals surface area (Å²) in [6.45, 7) is 1.28. The second-order valence-corrected chi connectivity index (χ2v) is 11.4. The molecule has 0 amide bonds. The Bertz CT molecular complexity index is 995. The molecule has 0 radical (unpaired) electrons. The molecule has 0 heterocycles. The van der Waals surface area contributed by atoms with E-state index in [4.69, 9.17) is 0 Å². The van der Waals surface area contributed by atoms with Gasteiger partial charge in [-0.3, -0.25) is 19.2 Å². The Morgan fingerprint density at radius 1 is 0.588 bits per heavy atom. The number of thiol groups is 4. The van der Waals surface area contributed by atoms with E-state index in [1.165, 1.54) is 0 Å². The van der Waals surface area contributed by atoms with E-state index in [0.29, 0.717) is 0 Å². The van der Waals surface area contributed by atoms with Crippen molar-refractivity contribution in [3.63, 3.8) is 0 Å². The standard InChI is InChI=1S/C14H20N2O14S4/c1-7(9(17)11(19)13(31(21)22)32(23)24)5-29-15-3-4-16-30-6-8(2)10(18)12(20)14(33(25)26)34(27)28/h3-4,7-8,13-14,31-34H,5-6H2,1-2H3/b15-3+,16-4+. The Kier molecular flexibility index (Phi) is 14.2. The fourth-order valence-corrected chi connectivity index (χ4v) is 4.39. The molecule has 0 N–H and O–H groups in total. The van der Waals surface area contributed by atoms with Gasteiger partial charge in [-0.15, -0.1) is 0 Å². The number of nitrogens with zero attached hydrogens (tertiary/aromatic N) is 2. The summed E-state index contributed by atoms with van der Waals surface area (Å²) in [6, 6.07) is 0. The number of oxime groups is 2. The van der Waals surface area contributed by atoms with Crippen molar-refractivity contribution in [1.82, 2.24) is 0 Å². The molecule has 34 heavy (non-hydrogen) atoms. The van der Waals surface area contributed by atoms with Gasteiger partial charge >= 0.3 is 0 Å². The summed E-state index contributed by atoms with van der Waals surface area (Å²) in [5.74, 6) is -8.30. The normalized spacial score (nSPS) is 14.0. The summed E-state index contributed by atoms with van der Waals surface area (Å²) >= 11 is 0. The molecule has 0 spiro atoms. The molecule has 0 aliphatic rings. The van der Waals surface area contributed by atoms with E-state index < -0.39 is 100 Å². The van der Waals surface area contributed by atoms with Crippen molar-refractivity contribution >= 4 is 78.4 Å². The lowest BCUT2D eigenvalue weighted by Gasteiger charge is -2.09. The summed E-state index contributed by atoms with van der Waals surface area (Å²) in [7, 11) is -14.8. The van der Waals surface area contributed by atoms with Crippen molar-refractivity contribution in [2.45, 2.75) is 23.0 Å². The molecule has 16 nitrogen and oxygen atoms in total. The van der Waals surface area contributed by atoms with Gasteiger partial charge in [0.1, 0.15) is 13.2 Å². The zero-order chi connectivity index (χ0) is 26.6. The van der Waals surface area contributed by atoms with E-state index in [1.807, 2.05) is 0 Å². The largest absolute Gasteiger partial charge is 0.395 e. The Labute approximate surface area is 199 Å². The minimum absolute atomic E-state index is 0.521. The molecule has 0 aromatic rings. The van der Waals surface area contributed by atoms with Gasteiger partial charge in [0.05, 0.1) is 24.3 Å². The third-order valence-electron chi connectivity index (χ3n) is 3.64. The lowest BCUT2D eigenvalue weighted by Crippen LogP contribution is -2.35. The van der Waals surface area contributed by atoms with E-state index in [0.717, 1.165) is 26.3 Å². The first-order chi connectivity index (χ1) is 15.7. The lowest BCUT2D eigenvalue weighted by molar-refractivity contribution is -0.138. The summed E-state index contributed by atoms with van der Waals surface area (Å²) < 4.78 is 81.5. The predicted molar refractivity (Wildman–Crippen MR) is 116 cm³/mol. The van der Waals surface area contributed by atoms with Gasteiger partial charge < -0.3 is 9.68 Å². The highest BCUT2D eigenvalue weighted by atomic mass is 32.2. The fourth-order valence-electron chi connectivity index (χ4n) is 1.88. The molecule has 194 valence electrons. The highest BCUT2D eigenvalue weighted by Crippen LogP contribution is 2.06. The number of Topliss-reactive ketones (excluding diaryl/α,β-unsaturated/α-hetero) is 4. The summed E-state index contributed by atoms with van der Waals surface area (Å²) in [5.41, 5.74) is 0. The van der Waals surface area contributed by atoms with Crippen LogP contribution in [0.3, 0.4) is 0 Å². The van der Waals surface area contributed by atoms with E-state index in [-0.39, 0.29) is 0 Å². The van der Waals surface area contributed by atoms with E-state index >= 15 is 0 Å². The number of hydrogen-bond donors (Lipinski definition) is 4. The Balaban J connectivity index is 4.60.